The predicted molar refractivity (Wildman–Crippen MR) is 60.7 cm³/mol. The van der Waals surface area contributed by atoms with E-state index in [0.717, 1.165) is 22.7 Å². The minimum absolute atomic E-state index is 0.179. The van der Waals surface area contributed by atoms with Crippen LogP contribution < -0.4 is 5.73 Å². The van der Waals surface area contributed by atoms with Crippen LogP contribution in [0.5, 0.6) is 0 Å². The Labute approximate surface area is 88.1 Å². The molecule has 1 aromatic heterocycles. The highest BCUT2D eigenvalue weighted by Crippen LogP contribution is 2.20. The molecule has 0 spiro atoms. The smallest absolute Gasteiger partial charge is 0.0471 e. The van der Waals surface area contributed by atoms with Gasteiger partial charge in [-0.25, -0.2) is 0 Å². The van der Waals surface area contributed by atoms with Gasteiger partial charge in [-0.2, -0.15) is 0 Å². The number of nitrogens with two attached hydrogens (primary N) is 1. The zero-order valence-corrected chi connectivity index (χ0v) is 8.81. The molecule has 0 radical (unpaired) electrons. The van der Waals surface area contributed by atoms with E-state index in [0.29, 0.717) is 0 Å². The van der Waals surface area contributed by atoms with E-state index in [1.54, 1.807) is 0 Å². The van der Waals surface area contributed by atoms with E-state index < -0.39 is 0 Å². The van der Waals surface area contributed by atoms with Gasteiger partial charge in [0.1, 0.15) is 0 Å². The number of nitrogens with one attached hydrogen (secondary N) is 1. The van der Waals surface area contributed by atoms with Gasteiger partial charge in [0.2, 0.25) is 0 Å². The molecule has 2 nitrogen and oxygen atoms in total. The van der Waals surface area contributed by atoms with E-state index >= 15 is 0 Å². The highest BCUT2D eigenvalue weighted by molar-refractivity contribution is 6.31. The molecule has 0 amide bonds. The van der Waals surface area contributed by atoms with Crippen molar-refractivity contribution in [2.45, 2.75) is 19.4 Å². The second-order valence-electron chi connectivity index (χ2n) is 3.71. The Hall–Kier alpha value is -0.990. The third kappa shape index (κ3) is 1.91. The van der Waals surface area contributed by atoms with Crippen molar-refractivity contribution in [3.63, 3.8) is 0 Å². The highest BCUT2D eigenvalue weighted by atomic mass is 35.5. The third-order valence-electron chi connectivity index (χ3n) is 2.18. The Morgan fingerprint density at radius 1 is 1.43 bits per heavy atom. The molecule has 1 atom stereocenters. The van der Waals surface area contributed by atoms with Gasteiger partial charge >= 0.3 is 0 Å². The lowest BCUT2D eigenvalue weighted by atomic mass is 10.2. The minimum Gasteiger partial charge on any atom is -0.358 e. The number of fused-ring (bicyclic) bond motifs is 1. The van der Waals surface area contributed by atoms with Crippen molar-refractivity contribution >= 4 is 22.5 Å². The van der Waals surface area contributed by atoms with Crippen molar-refractivity contribution in [2.75, 3.05) is 0 Å². The highest BCUT2D eigenvalue weighted by Gasteiger charge is 2.03. The lowest BCUT2D eigenvalue weighted by Crippen LogP contribution is -2.17. The largest absolute Gasteiger partial charge is 0.358 e. The van der Waals surface area contributed by atoms with Crippen molar-refractivity contribution in [3.8, 4) is 0 Å². The zero-order chi connectivity index (χ0) is 10.1. The second-order valence-corrected chi connectivity index (χ2v) is 4.14. The molecule has 0 saturated heterocycles. The van der Waals surface area contributed by atoms with Gasteiger partial charge in [-0.3, -0.25) is 0 Å². The molecule has 3 N–H and O–H groups in total. The van der Waals surface area contributed by atoms with Crippen LogP contribution in [0.15, 0.2) is 24.3 Å². The minimum atomic E-state index is 0.179. The SMILES string of the molecule is CC(N)Cc1cc2ccc(Cl)cc2[nH]1. The van der Waals surface area contributed by atoms with Crippen LogP contribution in [0.3, 0.4) is 0 Å². The molecule has 0 bridgehead atoms. The van der Waals surface area contributed by atoms with Crippen molar-refractivity contribution < 1.29 is 0 Å². The van der Waals surface area contributed by atoms with E-state index in [9.17, 15) is 0 Å². The van der Waals surface area contributed by atoms with Gasteiger partial charge < -0.3 is 10.7 Å². The average Bonchev–Trinajstić information content (AvgIpc) is 2.44. The summed E-state index contributed by atoms with van der Waals surface area (Å²) in [6.07, 6.45) is 0.867. The number of H-pyrrole nitrogens is 1. The summed E-state index contributed by atoms with van der Waals surface area (Å²) in [7, 11) is 0. The first-order chi connectivity index (χ1) is 6.65. The molecule has 1 heterocycles. The molecule has 2 aromatic rings. The number of aromatic nitrogens is 1. The number of hydrogen-bond acceptors (Lipinski definition) is 1. The standard InChI is InChI=1S/C11H13ClN2/c1-7(13)4-10-5-8-2-3-9(12)6-11(8)14-10/h2-3,5-7,14H,4,13H2,1H3. The van der Waals surface area contributed by atoms with Crippen LogP contribution in [-0.4, -0.2) is 11.0 Å². The van der Waals surface area contributed by atoms with Crippen LogP contribution in [0.25, 0.3) is 10.9 Å². The molecular formula is C11H13ClN2. The molecule has 3 heteroatoms. The van der Waals surface area contributed by atoms with Crippen molar-refractivity contribution in [1.82, 2.24) is 4.98 Å². The maximum atomic E-state index is 5.89. The zero-order valence-electron chi connectivity index (χ0n) is 8.05. The fourth-order valence-electron chi connectivity index (χ4n) is 1.62. The summed E-state index contributed by atoms with van der Waals surface area (Å²) < 4.78 is 0. The van der Waals surface area contributed by atoms with Crippen LogP contribution in [-0.2, 0) is 6.42 Å². The van der Waals surface area contributed by atoms with E-state index in [4.69, 9.17) is 17.3 Å². The summed E-state index contributed by atoms with van der Waals surface area (Å²) in [5, 5.41) is 1.94. The summed E-state index contributed by atoms with van der Waals surface area (Å²) >= 11 is 5.89. The van der Waals surface area contributed by atoms with Gasteiger partial charge in [-0.15, -0.1) is 0 Å². The van der Waals surface area contributed by atoms with E-state index in [1.807, 2.05) is 25.1 Å². The summed E-state index contributed by atoms with van der Waals surface area (Å²) in [4.78, 5) is 3.30. The Morgan fingerprint density at radius 3 is 2.93 bits per heavy atom. The van der Waals surface area contributed by atoms with E-state index in [-0.39, 0.29) is 6.04 Å². The quantitative estimate of drug-likeness (QED) is 0.783. The molecule has 0 aliphatic heterocycles. The maximum Gasteiger partial charge on any atom is 0.0471 e. The van der Waals surface area contributed by atoms with Gasteiger partial charge in [0.15, 0.2) is 0 Å². The summed E-state index contributed by atoms with van der Waals surface area (Å²) in [6, 6.07) is 8.14. The van der Waals surface area contributed by atoms with Crippen LogP contribution in [0, 0.1) is 0 Å². The first-order valence-electron chi connectivity index (χ1n) is 4.68. The van der Waals surface area contributed by atoms with E-state index in [2.05, 4.69) is 11.1 Å². The van der Waals surface area contributed by atoms with Crippen LogP contribution >= 0.6 is 11.6 Å². The van der Waals surface area contributed by atoms with Gasteiger partial charge in [0.05, 0.1) is 0 Å². The summed E-state index contributed by atoms with van der Waals surface area (Å²) in [5.74, 6) is 0. The first-order valence-corrected chi connectivity index (χ1v) is 5.05. The monoisotopic (exact) mass is 208 g/mol. The predicted octanol–water partition coefficient (Wildman–Crippen LogP) is 2.71. The normalized spacial score (nSPS) is 13.4. The Morgan fingerprint density at radius 2 is 2.21 bits per heavy atom. The number of hydrogen-bond donors (Lipinski definition) is 2. The molecule has 0 aliphatic rings. The van der Waals surface area contributed by atoms with Gasteiger partial charge in [-0.1, -0.05) is 17.7 Å². The van der Waals surface area contributed by atoms with Crippen molar-refractivity contribution in [2.24, 2.45) is 5.73 Å². The Kier molecular flexibility index (Phi) is 2.48. The van der Waals surface area contributed by atoms with Gasteiger partial charge in [0.25, 0.3) is 0 Å². The average molecular weight is 209 g/mol. The van der Waals surface area contributed by atoms with Crippen LogP contribution in [0.4, 0.5) is 0 Å². The summed E-state index contributed by atoms with van der Waals surface area (Å²) in [5.41, 5.74) is 7.97. The topological polar surface area (TPSA) is 41.8 Å². The Balaban J connectivity index is 2.41. The fourth-order valence-corrected chi connectivity index (χ4v) is 1.79. The lowest BCUT2D eigenvalue weighted by molar-refractivity contribution is 0.727. The molecule has 74 valence electrons. The molecule has 1 unspecified atom stereocenters. The van der Waals surface area contributed by atoms with Gasteiger partial charge in [-0.05, 0) is 30.5 Å². The second kappa shape index (κ2) is 3.64. The number of aromatic amines is 1. The van der Waals surface area contributed by atoms with Crippen LogP contribution in [0.1, 0.15) is 12.6 Å². The maximum absolute atomic E-state index is 5.89. The molecule has 0 saturated carbocycles. The molecular weight excluding hydrogens is 196 g/mol. The molecule has 2 rings (SSSR count). The summed E-state index contributed by atoms with van der Waals surface area (Å²) in [6.45, 7) is 2.00. The molecule has 14 heavy (non-hydrogen) atoms. The van der Waals surface area contributed by atoms with E-state index in [1.165, 1.54) is 5.39 Å². The third-order valence-corrected chi connectivity index (χ3v) is 2.42. The molecule has 0 aliphatic carbocycles. The number of benzene rings is 1. The molecule has 0 fully saturated rings. The number of halogens is 1. The Bertz CT molecular complexity index is 445. The molecule has 1 aromatic carbocycles. The van der Waals surface area contributed by atoms with Crippen LogP contribution in [0.2, 0.25) is 5.02 Å². The first kappa shape index (κ1) is 9.56. The van der Waals surface area contributed by atoms with Crippen molar-refractivity contribution in [3.05, 3.63) is 35.0 Å². The lowest BCUT2D eigenvalue weighted by Gasteiger charge is -2.00. The van der Waals surface area contributed by atoms with Gasteiger partial charge in [0, 0.05) is 28.7 Å². The fraction of sp³-hybridized carbons (Fsp3) is 0.273. The van der Waals surface area contributed by atoms with Crippen molar-refractivity contribution in [1.29, 1.82) is 0 Å². The number of rotatable bonds is 2.